The van der Waals surface area contributed by atoms with Gasteiger partial charge in [0.25, 0.3) is 5.91 Å². The predicted octanol–water partition coefficient (Wildman–Crippen LogP) is 1.65. The quantitative estimate of drug-likeness (QED) is 0.783. The number of amides is 1. The number of rotatable bonds is 7. The van der Waals surface area contributed by atoms with E-state index in [9.17, 15) is 9.90 Å². The lowest BCUT2D eigenvalue weighted by Crippen LogP contribution is -2.35. The van der Waals surface area contributed by atoms with Crippen molar-refractivity contribution in [2.24, 2.45) is 0 Å². The summed E-state index contributed by atoms with van der Waals surface area (Å²) < 4.78 is 16.0. The zero-order chi connectivity index (χ0) is 18.5. The summed E-state index contributed by atoms with van der Waals surface area (Å²) >= 11 is 0. The Hall–Kier alpha value is -2.93. The first-order chi connectivity index (χ1) is 12.5. The summed E-state index contributed by atoms with van der Waals surface area (Å²) in [6, 6.07) is 12.4. The van der Waals surface area contributed by atoms with Crippen LogP contribution in [0.2, 0.25) is 0 Å². The van der Waals surface area contributed by atoms with Gasteiger partial charge in [0.15, 0.2) is 11.5 Å². The molecule has 3 rings (SSSR count). The second-order valence-corrected chi connectivity index (χ2v) is 6.13. The van der Waals surface area contributed by atoms with Crippen molar-refractivity contribution in [3.8, 4) is 17.2 Å². The third-order valence-electron chi connectivity index (χ3n) is 3.93. The third kappa shape index (κ3) is 4.37. The molecule has 1 heterocycles. The predicted molar refractivity (Wildman–Crippen MR) is 97.2 cm³/mol. The van der Waals surface area contributed by atoms with Crippen LogP contribution in [0.1, 0.15) is 10.4 Å². The molecule has 0 spiro atoms. The van der Waals surface area contributed by atoms with Gasteiger partial charge in [0, 0.05) is 38.0 Å². The van der Waals surface area contributed by atoms with Crippen LogP contribution in [-0.2, 0) is 0 Å². The highest BCUT2D eigenvalue weighted by Crippen LogP contribution is 2.35. The number of fused-ring (bicyclic) bond motifs is 1. The number of ether oxygens (including phenoxy) is 3. The van der Waals surface area contributed by atoms with Gasteiger partial charge in [-0.3, -0.25) is 4.79 Å². The summed E-state index contributed by atoms with van der Waals surface area (Å²) in [6.07, 6.45) is -0.828. The van der Waals surface area contributed by atoms with E-state index in [4.69, 9.17) is 14.2 Å². The largest absolute Gasteiger partial charge is 0.491 e. The summed E-state index contributed by atoms with van der Waals surface area (Å²) in [5.41, 5.74) is 1.55. The molecule has 0 radical (unpaired) electrons. The Bertz CT molecular complexity index is 761. The molecule has 1 amide bonds. The highest BCUT2D eigenvalue weighted by molar-refractivity contribution is 5.94. The molecule has 0 saturated carbocycles. The summed E-state index contributed by atoms with van der Waals surface area (Å²) in [7, 11) is 3.87. The van der Waals surface area contributed by atoms with Crippen LogP contribution in [0.3, 0.4) is 0 Å². The van der Waals surface area contributed by atoms with Crippen molar-refractivity contribution in [2.75, 3.05) is 38.9 Å². The van der Waals surface area contributed by atoms with Gasteiger partial charge in [0.05, 0.1) is 0 Å². The topological polar surface area (TPSA) is 80.3 Å². The van der Waals surface area contributed by atoms with E-state index in [2.05, 4.69) is 5.32 Å². The van der Waals surface area contributed by atoms with Gasteiger partial charge in [-0.25, -0.2) is 0 Å². The minimum absolute atomic E-state index is 0.0551. The van der Waals surface area contributed by atoms with E-state index in [0.717, 1.165) is 5.69 Å². The molecule has 7 heteroatoms. The number of hydrogen-bond acceptors (Lipinski definition) is 6. The Morgan fingerprint density at radius 1 is 1.19 bits per heavy atom. The van der Waals surface area contributed by atoms with Crippen LogP contribution in [0.5, 0.6) is 17.2 Å². The Labute approximate surface area is 152 Å². The van der Waals surface area contributed by atoms with Gasteiger partial charge in [-0.05, 0) is 36.4 Å². The first-order valence-electron chi connectivity index (χ1n) is 8.29. The normalized spacial score (nSPS) is 13.2. The van der Waals surface area contributed by atoms with E-state index in [0.29, 0.717) is 22.8 Å². The molecule has 2 aromatic rings. The van der Waals surface area contributed by atoms with Crippen molar-refractivity contribution < 1.29 is 24.1 Å². The van der Waals surface area contributed by atoms with Crippen LogP contribution >= 0.6 is 0 Å². The van der Waals surface area contributed by atoms with Gasteiger partial charge < -0.3 is 29.5 Å². The first-order valence-corrected chi connectivity index (χ1v) is 8.29. The van der Waals surface area contributed by atoms with E-state index >= 15 is 0 Å². The SMILES string of the molecule is CN(C)c1ccc(C(=O)NC[C@@H](O)COc2ccc3c(c2)OCO3)cc1. The van der Waals surface area contributed by atoms with E-state index in [1.807, 2.05) is 31.1 Å². The number of benzene rings is 2. The second kappa shape index (κ2) is 7.97. The van der Waals surface area contributed by atoms with E-state index in [1.54, 1.807) is 30.3 Å². The smallest absolute Gasteiger partial charge is 0.251 e. The van der Waals surface area contributed by atoms with Gasteiger partial charge in [-0.15, -0.1) is 0 Å². The molecule has 0 saturated heterocycles. The van der Waals surface area contributed by atoms with Gasteiger partial charge in [0.2, 0.25) is 6.79 Å². The molecule has 1 atom stereocenters. The summed E-state index contributed by atoms with van der Waals surface area (Å²) in [4.78, 5) is 14.1. The molecule has 0 bridgehead atoms. The van der Waals surface area contributed by atoms with Gasteiger partial charge in [0.1, 0.15) is 18.5 Å². The lowest BCUT2D eigenvalue weighted by atomic mass is 10.2. The zero-order valence-electron chi connectivity index (χ0n) is 14.8. The number of aliphatic hydroxyl groups excluding tert-OH is 1. The third-order valence-corrected chi connectivity index (χ3v) is 3.93. The molecule has 138 valence electrons. The fourth-order valence-corrected chi connectivity index (χ4v) is 2.44. The molecule has 0 aromatic heterocycles. The van der Waals surface area contributed by atoms with Gasteiger partial charge >= 0.3 is 0 Å². The molecule has 0 unspecified atom stereocenters. The maximum absolute atomic E-state index is 12.1. The number of anilines is 1. The van der Waals surface area contributed by atoms with E-state index in [-0.39, 0.29) is 25.9 Å². The van der Waals surface area contributed by atoms with Crippen molar-refractivity contribution in [3.05, 3.63) is 48.0 Å². The van der Waals surface area contributed by atoms with Crippen molar-refractivity contribution in [2.45, 2.75) is 6.10 Å². The number of aliphatic hydroxyl groups is 1. The van der Waals surface area contributed by atoms with Crippen LogP contribution in [0.15, 0.2) is 42.5 Å². The molecule has 2 aromatic carbocycles. The monoisotopic (exact) mass is 358 g/mol. The lowest BCUT2D eigenvalue weighted by molar-refractivity contribution is 0.0843. The van der Waals surface area contributed by atoms with E-state index in [1.165, 1.54) is 0 Å². The number of carbonyl (C=O) groups is 1. The Morgan fingerprint density at radius 2 is 1.92 bits per heavy atom. The zero-order valence-corrected chi connectivity index (χ0v) is 14.8. The maximum Gasteiger partial charge on any atom is 0.251 e. The molecule has 0 aliphatic carbocycles. The Morgan fingerprint density at radius 3 is 2.65 bits per heavy atom. The fraction of sp³-hybridized carbons (Fsp3) is 0.316. The van der Waals surface area contributed by atoms with Crippen molar-refractivity contribution in [1.29, 1.82) is 0 Å². The highest BCUT2D eigenvalue weighted by Gasteiger charge is 2.15. The number of hydrogen-bond donors (Lipinski definition) is 2. The fourth-order valence-electron chi connectivity index (χ4n) is 2.44. The Kier molecular flexibility index (Phi) is 5.48. The molecular formula is C19H22N2O5. The average molecular weight is 358 g/mol. The molecule has 1 aliphatic rings. The summed E-state index contributed by atoms with van der Waals surface area (Å²) in [5.74, 6) is 1.62. The maximum atomic E-state index is 12.1. The van der Waals surface area contributed by atoms with Crippen molar-refractivity contribution in [3.63, 3.8) is 0 Å². The van der Waals surface area contributed by atoms with Crippen LogP contribution < -0.4 is 24.4 Å². The van der Waals surface area contributed by atoms with Crippen LogP contribution in [0, 0.1) is 0 Å². The molecule has 2 N–H and O–H groups in total. The van der Waals surface area contributed by atoms with Crippen molar-refractivity contribution in [1.82, 2.24) is 5.32 Å². The van der Waals surface area contributed by atoms with Crippen LogP contribution in [0.25, 0.3) is 0 Å². The van der Waals surface area contributed by atoms with E-state index < -0.39 is 6.10 Å². The number of carbonyl (C=O) groups excluding carboxylic acids is 1. The standard InChI is InChI=1S/C19H22N2O5/c1-21(2)14-5-3-13(4-6-14)19(23)20-10-15(22)11-24-16-7-8-17-18(9-16)26-12-25-17/h3-9,15,22H,10-12H2,1-2H3,(H,20,23)/t15-/m1/s1. The molecule has 26 heavy (non-hydrogen) atoms. The minimum atomic E-state index is -0.828. The van der Waals surface area contributed by atoms with Crippen LogP contribution in [-0.4, -0.2) is 51.2 Å². The average Bonchev–Trinajstić information content (AvgIpc) is 3.12. The number of nitrogens with one attached hydrogen (secondary N) is 1. The first kappa shape index (κ1) is 17.9. The molecule has 0 fully saturated rings. The number of nitrogens with zero attached hydrogens (tertiary/aromatic N) is 1. The summed E-state index contributed by atoms with van der Waals surface area (Å²) in [6.45, 7) is 0.348. The second-order valence-electron chi connectivity index (χ2n) is 6.13. The van der Waals surface area contributed by atoms with Gasteiger partial charge in [-0.2, -0.15) is 0 Å². The Balaban J connectivity index is 1.44. The molecule has 1 aliphatic heterocycles. The minimum Gasteiger partial charge on any atom is -0.491 e. The lowest BCUT2D eigenvalue weighted by Gasteiger charge is -2.15. The summed E-state index contributed by atoms with van der Waals surface area (Å²) in [5, 5.41) is 12.7. The molecular weight excluding hydrogens is 336 g/mol. The highest BCUT2D eigenvalue weighted by atomic mass is 16.7. The van der Waals surface area contributed by atoms with Gasteiger partial charge in [-0.1, -0.05) is 0 Å². The van der Waals surface area contributed by atoms with Crippen molar-refractivity contribution >= 4 is 11.6 Å². The van der Waals surface area contributed by atoms with Crippen LogP contribution in [0.4, 0.5) is 5.69 Å². The molecule has 7 nitrogen and oxygen atoms in total.